The molecule has 1 aliphatic heterocycles. The van der Waals surface area contributed by atoms with E-state index in [-0.39, 0.29) is 0 Å². The highest BCUT2D eigenvalue weighted by atomic mass is 15.2. The fraction of sp³-hybridized carbons (Fsp3) is 0.625. The van der Waals surface area contributed by atoms with Crippen LogP contribution in [0.2, 0.25) is 0 Å². The lowest BCUT2D eigenvalue weighted by molar-refractivity contribution is 0.220. The average molecular weight is 246 g/mol. The standard InChI is InChI=1S/C16H26N2/c1-3-16-9-11-18(12-10-17-16)14(2)13-15-7-5-4-6-8-15/h4-8,14,16-17H,3,9-13H2,1-2H3. The summed E-state index contributed by atoms with van der Waals surface area (Å²) in [6.45, 7) is 8.20. The number of nitrogens with zero attached hydrogens (tertiary/aromatic N) is 1. The van der Waals surface area contributed by atoms with Crippen molar-refractivity contribution in [3.8, 4) is 0 Å². The molecule has 2 heteroatoms. The van der Waals surface area contributed by atoms with Gasteiger partial charge >= 0.3 is 0 Å². The second kappa shape index (κ2) is 6.91. The van der Waals surface area contributed by atoms with Gasteiger partial charge in [0, 0.05) is 25.2 Å². The Kier molecular flexibility index (Phi) is 5.21. The van der Waals surface area contributed by atoms with E-state index < -0.39 is 0 Å². The molecule has 2 nitrogen and oxygen atoms in total. The lowest BCUT2D eigenvalue weighted by Crippen LogP contribution is -2.37. The highest BCUT2D eigenvalue weighted by Gasteiger charge is 2.19. The molecule has 1 aromatic carbocycles. The molecular formula is C16H26N2. The largest absolute Gasteiger partial charge is 0.313 e. The number of hydrogen-bond acceptors (Lipinski definition) is 2. The van der Waals surface area contributed by atoms with Gasteiger partial charge in [0.25, 0.3) is 0 Å². The van der Waals surface area contributed by atoms with E-state index in [1.807, 2.05) is 0 Å². The lowest BCUT2D eigenvalue weighted by atomic mass is 10.1. The Labute approximate surface area is 111 Å². The SMILES string of the molecule is CCC1CCN(C(C)Cc2ccccc2)CCN1. The molecule has 0 saturated carbocycles. The fourth-order valence-corrected chi connectivity index (χ4v) is 2.82. The molecule has 1 heterocycles. The summed E-state index contributed by atoms with van der Waals surface area (Å²) in [5.74, 6) is 0. The average Bonchev–Trinajstić information content (AvgIpc) is 2.65. The van der Waals surface area contributed by atoms with Gasteiger partial charge in [-0.1, -0.05) is 37.3 Å². The monoisotopic (exact) mass is 246 g/mol. The second-order valence-electron chi connectivity index (χ2n) is 5.42. The molecule has 0 aliphatic carbocycles. The molecule has 1 N–H and O–H groups in total. The van der Waals surface area contributed by atoms with E-state index in [0.717, 1.165) is 19.0 Å². The van der Waals surface area contributed by atoms with E-state index in [2.05, 4.69) is 54.4 Å². The summed E-state index contributed by atoms with van der Waals surface area (Å²) in [4.78, 5) is 2.63. The number of rotatable bonds is 4. The predicted octanol–water partition coefficient (Wildman–Crippen LogP) is 2.69. The Morgan fingerprint density at radius 1 is 1.28 bits per heavy atom. The Morgan fingerprint density at radius 2 is 2.06 bits per heavy atom. The van der Waals surface area contributed by atoms with Crippen molar-refractivity contribution in [1.29, 1.82) is 0 Å². The van der Waals surface area contributed by atoms with Gasteiger partial charge in [-0.3, -0.25) is 4.90 Å². The summed E-state index contributed by atoms with van der Waals surface area (Å²) in [5, 5.41) is 3.64. The number of benzene rings is 1. The topological polar surface area (TPSA) is 15.3 Å². The van der Waals surface area contributed by atoms with Crippen LogP contribution in [-0.2, 0) is 6.42 Å². The Bertz CT molecular complexity index is 336. The first-order valence-corrected chi connectivity index (χ1v) is 7.31. The van der Waals surface area contributed by atoms with Crippen LogP contribution in [0.4, 0.5) is 0 Å². The van der Waals surface area contributed by atoms with E-state index in [1.165, 1.54) is 31.5 Å². The zero-order chi connectivity index (χ0) is 12.8. The highest BCUT2D eigenvalue weighted by molar-refractivity contribution is 5.15. The Hall–Kier alpha value is -0.860. The van der Waals surface area contributed by atoms with Crippen LogP contribution in [-0.4, -0.2) is 36.6 Å². The van der Waals surface area contributed by atoms with Crippen molar-refractivity contribution in [1.82, 2.24) is 10.2 Å². The van der Waals surface area contributed by atoms with Crippen LogP contribution < -0.4 is 5.32 Å². The molecule has 2 rings (SSSR count). The summed E-state index contributed by atoms with van der Waals surface area (Å²) in [7, 11) is 0. The van der Waals surface area contributed by atoms with E-state index in [9.17, 15) is 0 Å². The van der Waals surface area contributed by atoms with Crippen molar-refractivity contribution < 1.29 is 0 Å². The molecule has 100 valence electrons. The smallest absolute Gasteiger partial charge is 0.0110 e. The summed E-state index contributed by atoms with van der Waals surface area (Å²) < 4.78 is 0. The quantitative estimate of drug-likeness (QED) is 0.878. The van der Waals surface area contributed by atoms with E-state index in [0.29, 0.717) is 6.04 Å². The third kappa shape index (κ3) is 3.82. The fourth-order valence-electron chi connectivity index (χ4n) is 2.82. The van der Waals surface area contributed by atoms with Gasteiger partial charge in [-0.05, 0) is 38.3 Å². The molecule has 0 bridgehead atoms. The van der Waals surface area contributed by atoms with Gasteiger partial charge in [-0.15, -0.1) is 0 Å². The van der Waals surface area contributed by atoms with Gasteiger partial charge in [0.1, 0.15) is 0 Å². The second-order valence-corrected chi connectivity index (χ2v) is 5.42. The molecule has 1 aromatic rings. The van der Waals surface area contributed by atoms with E-state index in [4.69, 9.17) is 0 Å². The van der Waals surface area contributed by atoms with Gasteiger partial charge < -0.3 is 5.32 Å². The normalized spacial score (nSPS) is 23.6. The number of nitrogens with one attached hydrogen (secondary N) is 1. The van der Waals surface area contributed by atoms with Crippen molar-refractivity contribution in [2.75, 3.05) is 19.6 Å². The van der Waals surface area contributed by atoms with Crippen LogP contribution in [0.1, 0.15) is 32.3 Å². The Morgan fingerprint density at radius 3 is 2.78 bits per heavy atom. The number of hydrogen-bond donors (Lipinski definition) is 1. The first-order valence-electron chi connectivity index (χ1n) is 7.31. The van der Waals surface area contributed by atoms with Crippen molar-refractivity contribution in [2.45, 2.75) is 45.2 Å². The molecule has 2 unspecified atom stereocenters. The molecule has 0 aromatic heterocycles. The van der Waals surface area contributed by atoms with Gasteiger partial charge in [-0.25, -0.2) is 0 Å². The van der Waals surface area contributed by atoms with E-state index >= 15 is 0 Å². The maximum Gasteiger partial charge on any atom is 0.0110 e. The van der Waals surface area contributed by atoms with Crippen LogP contribution in [0.5, 0.6) is 0 Å². The van der Waals surface area contributed by atoms with Crippen molar-refractivity contribution >= 4 is 0 Å². The molecule has 18 heavy (non-hydrogen) atoms. The Balaban J connectivity index is 1.87. The zero-order valence-electron chi connectivity index (χ0n) is 11.7. The first-order chi connectivity index (χ1) is 8.79. The maximum absolute atomic E-state index is 3.64. The molecule has 0 radical (unpaired) electrons. The molecule has 1 aliphatic rings. The highest BCUT2D eigenvalue weighted by Crippen LogP contribution is 2.12. The van der Waals surface area contributed by atoms with Gasteiger partial charge in [-0.2, -0.15) is 0 Å². The van der Waals surface area contributed by atoms with Gasteiger partial charge in [0.2, 0.25) is 0 Å². The maximum atomic E-state index is 3.64. The minimum absolute atomic E-state index is 0.643. The predicted molar refractivity (Wildman–Crippen MR) is 77.9 cm³/mol. The van der Waals surface area contributed by atoms with Crippen LogP contribution in [0, 0.1) is 0 Å². The zero-order valence-corrected chi connectivity index (χ0v) is 11.7. The van der Waals surface area contributed by atoms with Crippen LogP contribution in [0.25, 0.3) is 0 Å². The molecular weight excluding hydrogens is 220 g/mol. The summed E-state index contributed by atoms with van der Waals surface area (Å²) in [6.07, 6.45) is 3.70. The lowest BCUT2D eigenvalue weighted by Gasteiger charge is -2.27. The van der Waals surface area contributed by atoms with E-state index in [1.54, 1.807) is 0 Å². The van der Waals surface area contributed by atoms with Gasteiger partial charge in [0.05, 0.1) is 0 Å². The first kappa shape index (κ1) is 13.6. The summed E-state index contributed by atoms with van der Waals surface area (Å²) >= 11 is 0. The molecule has 0 spiro atoms. The van der Waals surface area contributed by atoms with Crippen molar-refractivity contribution in [2.24, 2.45) is 0 Å². The van der Waals surface area contributed by atoms with Crippen molar-refractivity contribution in [3.63, 3.8) is 0 Å². The van der Waals surface area contributed by atoms with Crippen LogP contribution >= 0.6 is 0 Å². The molecule has 2 atom stereocenters. The van der Waals surface area contributed by atoms with Crippen LogP contribution in [0.15, 0.2) is 30.3 Å². The van der Waals surface area contributed by atoms with Gasteiger partial charge in [0.15, 0.2) is 0 Å². The molecule has 0 amide bonds. The third-order valence-corrected chi connectivity index (χ3v) is 4.09. The summed E-state index contributed by atoms with van der Waals surface area (Å²) in [5.41, 5.74) is 1.45. The molecule has 1 fully saturated rings. The summed E-state index contributed by atoms with van der Waals surface area (Å²) in [6, 6.07) is 12.2. The molecule has 1 saturated heterocycles. The third-order valence-electron chi connectivity index (χ3n) is 4.09. The van der Waals surface area contributed by atoms with Crippen LogP contribution in [0.3, 0.4) is 0 Å². The minimum Gasteiger partial charge on any atom is -0.313 e. The van der Waals surface area contributed by atoms with Crippen molar-refractivity contribution in [3.05, 3.63) is 35.9 Å². The minimum atomic E-state index is 0.643.